The highest BCUT2D eigenvalue weighted by Gasteiger charge is 2.69. The Hall–Kier alpha value is -3.44. The zero-order valence-electron chi connectivity index (χ0n) is 27.5. The van der Waals surface area contributed by atoms with E-state index in [4.69, 9.17) is 4.74 Å². The number of hydrogen-bond donors (Lipinski definition) is 3. The molecule has 5 atom stereocenters. The van der Waals surface area contributed by atoms with Crippen LogP contribution < -0.4 is 16.0 Å². The summed E-state index contributed by atoms with van der Waals surface area (Å²) in [5.74, 6) is -2.68. The fourth-order valence-corrected chi connectivity index (χ4v) is 7.07. The molecule has 2 saturated carbocycles. The molecular weight excluding hydrogens is 578 g/mol. The Balaban J connectivity index is 1.49. The lowest BCUT2D eigenvalue weighted by molar-refractivity contribution is -0.145. The number of amides is 5. The minimum atomic E-state index is -1.12. The number of piperidine rings is 1. The molecule has 250 valence electrons. The summed E-state index contributed by atoms with van der Waals surface area (Å²) in [6, 6.07) is -2.81. The minimum Gasteiger partial charge on any atom is -0.444 e. The number of fused-ring (bicyclic) bond motifs is 1. The van der Waals surface area contributed by atoms with Gasteiger partial charge in [-0.25, -0.2) is 4.79 Å². The van der Waals surface area contributed by atoms with Crippen molar-refractivity contribution in [1.82, 2.24) is 25.8 Å². The largest absolute Gasteiger partial charge is 0.444 e. The number of rotatable bonds is 13. The highest BCUT2D eigenvalue weighted by atomic mass is 16.6. The first-order valence-electron chi connectivity index (χ1n) is 16.5. The zero-order chi connectivity index (χ0) is 33.1. The molecule has 4 fully saturated rings. The SMILES string of the molecule is C=CCCC(NC(=O)C1C2C(CN1C(=O)C(NC(=O)OC(C)(C)C)C1CCCCC1)C2(C)C)C(=O)C(=O)NCCC(=O)N1CC1. The van der Waals surface area contributed by atoms with E-state index in [0.29, 0.717) is 26.1 Å². The van der Waals surface area contributed by atoms with Crippen molar-refractivity contribution >= 4 is 35.5 Å². The Morgan fingerprint density at radius 3 is 2.29 bits per heavy atom. The topological polar surface area (TPSA) is 154 Å². The van der Waals surface area contributed by atoms with E-state index in [1.165, 1.54) is 0 Å². The Bertz CT molecular complexity index is 1180. The van der Waals surface area contributed by atoms with Crippen LogP contribution in [0.15, 0.2) is 12.7 Å². The number of ketones is 1. The molecule has 0 bridgehead atoms. The van der Waals surface area contributed by atoms with E-state index in [1.54, 1.807) is 36.6 Å². The van der Waals surface area contributed by atoms with Crippen LogP contribution in [-0.2, 0) is 28.7 Å². The second kappa shape index (κ2) is 13.9. The third-order valence-corrected chi connectivity index (χ3v) is 9.76. The van der Waals surface area contributed by atoms with Crippen LogP contribution in [-0.4, -0.2) is 95.2 Å². The van der Waals surface area contributed by atoms with E-state index < -0.39 is 47.4 Å². The molecule has 0 radical (unpaired) electrons. The van der Waals surface area contributed by atoms with Gasteiger partial charge < -0.3 is 30.5 Å². The van der Waals surface area contributed by atoms with Gasteiger partial charge in [0.15, 0.2) is 0 Å². The first-order chi connectivity index (χ1) is 21.2. The molecule has 2 heterocycles. The number of nitrogens with one attached hydrogen (secondary N) is 3. The van der Waals surface area contributed by atoms with E-state index in [0.717, 1.165) is 32.1 Å². The Morgan fingerprint density at radius 1 is 1.02 bits per heavy atom. The third-order valence-electron chi connectivity index (χ3n) is 9.76. The summed E-state index contributed by atoms with van der Waals surface area (Å²) in [6.45, 7) is 14.9. The molecule has 12 heteroatoms. The average molecular weight is 630 g/mol. The molecule has 2 aliphatic carbocycles. The Labute approximate surface area is 266 Å². The molecule has 12 nitrogen and oxygen atoms in total. The van der Waals surface area contributed by atoms with Gasteiger partial charge in [-0.15, -0.1) is 6.58 Å². The maximum Gasteiger partial charge on any atom is 0.408 e. The van der Waals surface area contributed by atoms with Crippen molar-refractivity contribution in [2.24, 2.45) is 23.2 Å². The Kier molecular flexibility index (Phi) is 10.6. The maximum absolute atomic E-state index is 14.3. The van der Waals surface area contributed by atoms with Crippen molar-refractivity contribution in [1.29, 1.82) is 0 Å². The summed E-state index contributed by atoms with van der Waals surface area (Å²) in [4.78, 5) is 82.2. The zero-order valence-corrected chi connectivity index (χ0v) is 27.5. The summed E-state index contributed by atoms with van der Waals surface area (Å²) in [7, 11) is 0. The number of allylic oxidation sites excluding steroid dienone is 1. The van der Waals surface area contributed by atoms with E-state index in [1.807, 2.05) is 0 Å². The summed E-state index contributed by atoms with van der Waals surface area (Å²) in [6.07, 6.45) is 6.12. The predicted molar refractivity (Wildman–Crippen MR) is 167 cm³/mol. The summed E-state index contributed by atoms with van der Waals surface area (Å²) < 4.78 is 5.50. The fourth-order valence-electron chi connectivity index (χ4n) is 7.07. The Morgan fingerprint density at radius 2 is 1.69 bits per heavy atom. The van der Waals surface area contributed by atoms with E-state index in [-0.39, 0.29) is 54.4 Å². The minimum absolute atomic E-state index is 0.0259. The maximum atomic E-state index is 14.3. The molecule has 2 saturated heterocycles. The van der Waals surface area contributed by atoms with Gasteiger partial charge in [0.25, 0.3) is 5.91 Å². The van der Waals surface area contributed by atoms with Crippen LogP contribution in [0.3, 0.4) is 0 Å². The van der Waals surface area contributed by atoms with Crippen LogP contribution >= 0.6 is 0 Å². The lowest BCUT2D eigenvalue weighted by Crippen LogP contribution is -2.59. The third kappa shape index (κ3) is 8.43. The number of carbonyl (C=O) groups is 6. The number of ether oxygens (including phenoxy) is 1. The van der Waals surface area contributed by atoms with E-state index in [9.17, 15) is 28.8 Å². The van der Waals surface area contributed by atoms with Crippen LogP contribution in [0, 0.1) is 23.2 Å². The van der Waals surface area contributed by atoms with Crippen LogP contribution in [0.5, 0.6) is 0 Å². The lowest BCUT2D eigenvalue weighted by Gasteiger charge is -2.37. The normalized spacial score (nSPS) is 24.9. The van der Waals surface area contributed by atoms with Crippen molar-refractivity contribution in [3.63, 3.8) is 0 Å². The van der Waals surface area contributed by atoms with Gasteiger partial charge >= 0.3 is 6.09 Å². The average Bonchev–Trinajstić information content (AvgIpc) is 3.86. The number of carbonyl (C=O) groups excluding carboxylic acids is 6. The molecule has 5 amide bonds. The van der Waals surface area contributed by atoms with Gasteiger partial charge in [0.2, 0.25) is 23.5 Å². The van der Waals surface area contributed by atoms with E-state index in [2.05, 4.69) is 36.4 Å². The standard InChI is InChI=1S/C33H51N5O7/c1-7-8-14-22(27(40)29(42)34-16-15-23(39)37-17-18-37)35-28(41)26-24-21(33(24,5)6)19-38(26)30(43)25(20-12-10-9-11-13-20)36-31(44)45-32(2,3)4/h7,20-22,24-26H,1,8-19H2,2-6H3,(H,34,42)(H,35,41)(H,36,44). The first kappa shape index (κ1) is 34.4. The number of likely N-dealkylation sites (tertiary alicyclic amines) is 1. The number of hydrogen-bond acceptors (Lipinski definition) is 7. The lowest BCUT2D eigenvalue weighted by atomic mass is 9.83. The van der Waals surface area contributed by atoms with Crippen molar-refractivity contribution in [2.45, 2.75) is 110 Å². The van der Waals surface area contributed by atoms with Gasteiger partial charge in [-0.05, 0) is 69.6 Å². The highest BCUT2D eigenvalue weighted by molar-refractivity contribution is 6.38. The van der Waals surface area contributed by atoms with Crippen LogP contribution in [0.1, 0.15) is 86.0 Å². The molecule has 4 rings (SSSR count). The summed E-state index contributed by atoms with van der Waals surface area (Å²) in [5.41, 5.74) is -0.921. The molecular formula is C33H51N5O7. The monoisotopic (exact) mass is 629 g/mol. The molecule has 3 N–H and O–H groups in total. The first-order valence-corrected chi connectivity index (χ1v) is 16.5. The molecule has 2 aliphatic heterocycles. The van der Waals surface area contributed by atoms with Crippen molar-refractivity contribution in [3.05, 3.63) is 12.7 Å². The quantitative estimate of drug-likeness (QED) is 0.161. The van der Waals surface area contributed by atoms with Gasteiger partial charge in [-0.1, -0.05) is 39.2 Å². The number of nitrogens with zero attached hydrogens (tertiary/aromatic N) is 2. The molecule has 5 unspecified atom stereocenters. The van der Waals surface area contributed by atoms with Crippen molar-refractivity contribution in [3.8, 4) is 0 Å². The fraction of sp³-hybridized carbons (Fsp3) is 0.758. The molecule has 0 spiro atoms. The molecule has 0 aromatic heterocycles. The van der Waals surface area contributed by atoms with Gasteiger partial charge in [-0.2, -0.15) is 0 Å². The van der Waals surface area contributed by atoms with Crippen LogP contribution in [0.4, 0.5) is 4.79 Å². The molecule has 0 aromatic rings. The van der Waals surface area contributed by atoms with E-state index >= 15 is 0 Å². The molecule has 0 aromatic carbocycles. The van der Waals surface area contributed by atoms with Gasteiger partial charge in [0.1, 0.15) is 17.7 Å². The van der Waals surface area contributed by atoms with Gasteiger partial charge in [-0.3, -0.25) is 24.0 Å². The molecule has 4 aliphatic rings. The number of alkyl carbamates (subject to hydrolysis) is 1. The summed E-state index contributed by atoms with van der Waals surface area (Å²) in [5, 5.41) is 8.14. The smallest absolute Gasteiger partial charge is 0.408 e. The summed E-state index contributed by atoms with van der Waals surface area (Å²) >= 11 is 0. The predicted octanol–water partition coefficient (Wildman–Crippen LogP) is 2.31. The van der Waals surface area contributed by atoms with Crippen LogP contribution in [0.2, 0.25) is 0 Å². The molecule has 45 heavy (non-hydrogen) atoms. The van der Waals surface area contributed by atoms with Crippen molar-refractivity contribution < 1.29 is 33.5 Å². The van der Waals surface area contributed by atoms with Gasteiger partial charge in [0, 0.05) is 32.6 Å². The number of Topliss-reactive ketones (excluding diaryl/α,β-unsaturated/α-hetero) is 1. The second-order valence-corrected chi connectivity index (χ2v) is 14.6. The van der Waals surface area contributed by atoms with Gasteiger partial charge in [0.05, 0.1) is 6.04 Å². The van der Waals surface area contributed by atoms with Crippen molar-refractivity contribution in [2.75, 3.05) is 26.2 Å². The van der Waals surface area contributed by atoms with Crippen LogP contribution in [0.25, 0.3) is 0 Å². The second-order valence-electron chi connectivity index (χ2n) is 14.6. The highest BCUT2D eigenvalue weighted by Crippen LogP contribution is 2.65.